The van der Waals surface area contributed by atoms with E-state index in [9.17, 15) is 4.79 Å². The molecule has 0 bridgehead atoms. The molecule has 1 saturated heterocycles. The van der Waals surface area contributed by atoms with E-state index in [1.165, 1.54) is 25.8 Å². The first-order chi connectivity index (χ1) is 10.2. The van der Waals surface area contributed by atoms with Gasteiger partial charge in [-0.2, -0.15) is 5.10 Å². The average molecular weight is 286 g/mol. The zero-order valence-electron chi connectivity index (χ0n) is 12.7. The Balaban J connectivity index is 1.81. The largest absolute Gasteiger partial charge is 0.298 e. The maximum atomic E-state index is 10.8. The molecular formula is C16H22N4O. The highest BCUT2D eigenvalue weighted by Gasteiger charge is 2.25. The van der Waals surface area contributed by atoms with Crippen LogP contribution < -0.4 is 0 Å². The molecule has 0 N–H and O–H groups in total. The van der Waals surface area contributed by atoms with Gasteiger partial charge in [0, 0.05) is 30.3 Å². The number of carbonyl (C=O) groups excluding carboxylic acids is 1. The molecule has 5 nitrogen and oxygen atoms in total. The van der Waals surface area contributed by atoms with Crippen LogP contribution in [0.15, 0.2) is 18.3 Å². The predicted octanol–water partition coefficient (Wildman–Crippen LogP) is 2.35. The Morgan fingerprint density at radius 2 is 2.29 bits per heavy atom. The van der Waals surface area contributed by atoms with Crippen molar-refractivity contribution in [1.82, 2.24) is 19.5 Å². The van der Waals surface area contributed by atoms with Gasteiger partial charge in [0.25, 0.3) is 0 Å². The minimum Gasteiger partial charge on any atom is -0.298 e. The molecule has 2 aromatic heterocycles. The van der Waals surface area contributed by atoms with Gasteiger partial charge >= 0.3 is 0 Å². The maximum Gasteiger partial charge on any atom is 0.156 e. The van der Waals surface area contributed by atoms with Crippen molar-refractivity contribution in [2.24, 2.45) is 0 Å². The minimum atomic E-state index is 0.529. The number of fused-ring (bicyclic) bond motifs is 1. The summed E-state index contributed by atoms with van der Waals surface area (Å²) in [6, 6.07) is 4.64. The Kier molecular flexibility index (Phi) is 4.01. The van der Waals surface area contributed by atoms with Gasteiger partial charge in [0.2, 0.25) is 0 Å². The van der Waals surface area contributed by atoms with E-state index in [4.69, 9.17) is 0 Å². The Morgan fingerprint density at radius 1 is 1.43 bits per heavy atom. The van der Waals surface area contributed by atoms with E-state index in [-0.39, 0.29) is 0 Å². The van der Waals surface area contributed by atoms with Crippen LogP contribution in [0.3, 0.4) is 0 Å². The van der Waals surface area contributed by atoms with E-state index in [2.05, 4.69) is 28.8 Å². The first kappa shape index (κ1) is 14.2. The molecule has 3 rings (SSSR count). The van der Waals surface area contributed by atoms with Crippen LogP contribution in [-0.4, -0.2) is 44.4 Å². The van der Waals surface area contributed by atoms with Crippen LogP contribution in [0.5, 0.6) is 0 Å². The van der Waals surface area contributed by atoms with Crippen molar-refractivity contribution in [2.45, 2.75) is 51.6 Å². The summed E-state index contributed by atoms with van der Waals surface area (Å²) >= 11 is 0. The highest BCUT2D eigenvalue weighted by Crippen LogP contribution is 2.22. The molecule has 21 heavy (non-hydrogen) atoms. The maximum absolute atomic E-state index is 10.8. The van der Waals surface area contributed by atoms with Gasteiger partial charge in [0.05, 0.1) is 0 Å². The predicted molar refractivity (Wildman–Crippen MR) is 81.6 cm³/mol. The molecule has 0 spiro atoms. The summed E-state index contributed by atoms with van der Waals surface area (Å²) in [5.74, 6) is 0.871. The molecule has 1 fully saturated rings. The van der Waals surface area contributed by atoms with Crippen LogP contribution in [-0.2, 0) is 6.42 Å². The van der Waals surface area contributed by atoms with Gasteiger partial charge in [0.15, 0.2) is 11.5 Å². The minimum absolute atomic E-state index is 0.529. The number of pyridine rings is 1. The van der Waals surface area contributed by atoms with Gasteiger partial charge < -0.3 is 0 Å². The summed E-state index contributed by atoms with van der Waals surface area (Å²) in [4.78, 5) is 18.0. The normalized spacial score (nSPS) is 20.2. The van der Waals surface area contributed by atoms with Gasteiger partial charge in [-0.1, -0.05) is 6.42 Å². The van der Waals surface area contributed by atoms with Crippen molar-refractivity contribution in [2.75, 3.05) is 6.54 Å². The number of nitrogens with zero attached hydrogens (tertiary/aromatic N) is 4. The molecule has 1 aliphatic heterocycles. The summed E-state index contributed by atoms with van der Waals surface area (Å²) in [5, 5.41) is 4.54. The average Bonchev–Trinajstić information content (AvgIpc) is 2.88. The highest BCUT2D eigenvalue weighted by molar-refractivity contribution is 5.76. The van der Waals surface area contributed by atoms with Gasteiger partial charge in [-0.3, -0.25) is 9.69 Å². The Bertz CT molecular complexity index is 634. The number of aromatic nitrogens is 3. The summed E-state index contributed by atoms with van der Waals surface area (Å²) in [6.07, 6.45) is 7.32. The lowest BCUT2D eigenvalue weighted by atomic mass is 9.97. The summed E-state index contributed by atoms with van der Waals surface area (Å²) in [7, 11) is 0. The molecule has 0 aliphatic carbocycles. The smallest absolute Gasteiger partial charge is 0.156 e. The number of hydrogen-bond donors (Lipinski definition) is 0. The van der Waals surface area contributed by atoms with Crippen LogP contribution in [0.2, 0.25) is 0 Å². The van der Waals surface area contributed by atoms with E-state index in [0.717, 1.165) is 24.2 Å². The molecule has 3 heterocycles. The second-order valence-corrected chi connectivity index (χ2v) is 6.09. The lowest BCUT2D eigenvalue weighted by Crippen LogP contribution is -2.45. The van der Waals surface area contributed by atoms with Crippen molar-refractivity contribution in [3.05, 3.63) is 29.7 Å². The van der Waals surface area contributed by atoms with Crippen LogP contribution in [0.25, 0.3) is 5.65 Å². The molecule has 5 heteroatoms. The second kappa shape index (κ2) is 5.93. The van der Waals surface area contributed by atoms with Gasteiger partial charge in [-0.05, 0) is 45.4 Å². The molecule has 1 aliphatic rings. The van der Waals surface area contributed by atoms with Gasteiger partial charge in [-0.15, -0.1) is 0 Å². The lowest BCUT2D eigenvalue weighted by Gasteiger charge is -2.38. The standard InChI is InChI=1S/C16H22N4O/c1-12(2)19-7-4-3-5-14(19)10-15-17-16-9-13(11-21)6-8-20(16)18-15/h6,8-9,11-12,14H,3-5,7,10H2,1-2H3. The van der Waals surface area contributed by atoms with Crippen LogP contribution >= 0.6 is 0 Å². The molecule has 112 valence electrons. The van der Waals surface area contributed by atoms with E-state index in [1.54, 1.807) is 22.8 Å². The first-order valence-corrected chi connectivity index (χ1v) is 7.73. The van der Waals surface area contributed by atoms with E-state index in [0.29, 0.717) is 17.6 Å². The van der Waals surface area contributed by atoms with Gasteiger partial charge in [0.1, 0.15) is 6.29 Å². The number of carbonyl (C=O) groups is 1. The van der Waals surface area contributed by atoms with Crippen LogP contribution in [0.1, 0.15) is 49.3 Å². The fraction of sp³-hybridized carbons (Fsp3) is 0.562. The van der Waals surface area contributed by atoms with Crippen molar-refractivity contribution < 1.29 is 4.79 Å². The van der Waals surface area contributed by atoms with E-state index in [1.807, 2.05) is 0 Å². The van der Waals surface area contributed by atoms with E-state index >= 15 is 0 Å². The van der Waals surface area contributed by atoms with Crippen molar-refractivity contribution in [3.63, 3.8) is 0 Å². The molecular weight excluding hydrogens is 264 g/mol. The Morgan fingerprint density at radius 3 is 3.05 bits per heavy atom. The zero-order valence-corrected chi connectivity index (χ0v) is 12.7. The lowest BCUT2D eigenvalue weighted by molar-refractivity contribution is 0.110. The molecule has 1 atom stereocenters. The highest BCUT2D eigenvalue weighted by atomic mass is 16.1. The molecule has 1 unspecified atom stereocenters. The zero-order chi connectivity index (χ0) is 14.8. The Labute approximate surface area is 125 Å². The number of rotatable bonds is 4. The van der Waals surface area contributed by atoms with Crippen molar-refractivity contribution in [3.8, 4) is 0 Å². The third kappa shape index (κ3) is 2.97. The number of hydrogen-bond acceptors (Lipinski definition) is 4. The number of aldehydes is 1. The fourth-order valence-corrected chi connectivity index (χ4v) is 3.24. The van der Waals surface area contributed by atoms with Crippen LogP contribution in [0, 0.1) is 0 Å². The summed E-state index contributed by atoms with van der Waals surface area (Å²) in [5.41, 5.74) is 1.39. The summed E-state index contributed by atoms with van der Waals surface area (Å²) < 4.78 is 1.75. The fourth-order valence-electron chi connectivity index (χ4n) is 3.24. The summed E-state index contributed by atoms with van der Waals surface area (Å²) in [6.45, 7) is 5.68. The topological polar surface area (TPSA) is 50.5 Å². The van der Waals surface area contributed by atoms with Crippen molar-refractivity contribution >= 4 is 11.9 Å². The van der Waals surface area contributed by atoms with Crippen LogP contribution in [0.4, 0.5) is 0 Å². The van der Waals surface area contributed by atoms with Crippen molar-refractivity contribution in [1.29, 1.82) is 0 Å². The molecule has 0 saturated carbocycles. The Hall–Kier alpha value is -1.75. The van der Waals surface area contributed by atoms with Gasteiger partial charge in [-0.25, -0.2) is 9.50 Å². The number of piperidine rings is 1. The molecule has 2 aromatic rings. The first-order valence-electron chi connectivity index (χ1n) is 7.73. The number of likely N-dealkylation sites (tertiary alicyclic amines) is 1. The second-order valence-electron chi connectivity index (χ2n) is 6.09. The third-order valence-electron chi connectivity index (χ3n) is 4.30. The SMILES string of the molecule is CC(C)N1CCCCC1Cc1nc2cc(C=O)ccn2n1. The molecule has 0 aromatic carbocycles. The quantitative estimate of drug-likeness (QED) is 0.810. The monoisotopic (exact) mass is 286 g/mol. The molecule has 0 amide bonds. The third-order valence-corrected chi connectivity index (χ3v) is 4.30. The molecule has 0 radical (unpaired) electrons. The van der Waals surface area contributed by atoms with E-state index < -0.39 is 0 Å².